The van der Waals surface area contributed by atoms with Crippen molar-refractivity contribution in [2.24, 2.45) is 5.92 Å². The number of carbonyl (C=O) groups is 2. The predicted molar refractivity (Wildman–Crippen MR) is 71.4 cm³/mol. The van der Waals surface area contributed by atoms with Crippen molar-refractivity contribution < 1.29 is 24.2 Å². The Bertz CT molecular complexity index is 286. The molecule has 5 nitrogen and oxygen atoms in total. The van der Waals surface area contributed by atoms with E-state index in [1.54, 1.807) is 0 Å². The summed E-state index contributed by atoms with van der Waals surface area (Å²) in [7, 11) is 2.74. The highest BCUT2D eigenvalue weighted by molar-refractivity contribution is 5.69. The van der Waals surface area contributed by atoms with Crippen molar-refractivity contribution in [2.45, 2.75) is 38.5 Å². The van der Waals surface area contributed by atoms with E-state index in [9.17, 15) is 14.7 Å². The first-order valence-electron chi connectivity index (χ1n) is 6.55. The van der Waals surface area contributed by atoms with E-state index in [-0.39, 0.29) is 24.5 Å². The van der Waals surface area contributed by atoms with Crippen LogP contribution in [0.1, 0.15) is 38.5 Å². The summed E-state index contributed by atoms with van der Waals surface area (Å²) < 4.78 is 9.08. The summed E-state index contributed by atoms with van der Waals surface area (Å²) in [5.74, 6) is -0.354. The van der Waals surface area contributed by atoms with Crippen LogP contribution in [-0.4, -0.2) is 37.9 Å². The van der Waals surface area contributed by atoms with E-state index in [1.165, 1.54) is 14.2 Å². The van der Waals surface area contributed by atoms with Crippen LogP contribution in [0.5, 0.6) is 0 Å². The van der Waals surface area contributed by atoms with E-state index in [0.29, 0.717) is 19.3 Å². The van der Waals surface area contributed by atoms with Gasteiger partial charge in [0.05, 0.1) is 14.2 Å². The van der Waals surface area contributed by atoms with Crippen LogP contribution in [0.3, 0.4) is 0 Å². The average molecular weight is 272 g/mol. The Morgan fingerprint density at radius 2 is 1.74 bits per heavy atom. The van der Waals surface area contributed by atoms with Crippen LogP contribution >= 0.6 is 0 Å². The molecule has 0 bridgehead atoms. The third-order valence-electron chi connectivity index (χ3n) is 2.82. The van der Waals surface area contributed by atoms with Gasteiger partial charge in [0, 0.05) is 19.4 Å². The zero-order valence-corrected chi connectivity index (χ0v) is 11.8. The molecular formula is C14H24O5. The molecule has 0 saturated heterocycles. The van der Waals surface area contributed by atoms with Crippen LogP contribution in [0.2, 0.25) is 0 Å². The minimum atomic E-state index is -0.233. The highest BCUT2D eigenvalue weighted by atomic mass is 16.5. The van der Waals surface area contributed by atoms with Gasteiger partial charge in [-0.25, -0.2) is 0 Å². The lowest BCUT2D eigenvalue weighted by Crippen LogP contribution is -2.04. The molecular weight excluding hydrogens is 248 g/mol. The van der Waals surface area contributed by atoms with Gasteiger partial charge in [0.2, 0.25) is 0 Å². The zero-order chi connectivity index (χ0) is 14.5. The summed E-state index contributed by atoms with van der Waals surface area (Å²) in [4.78, 5) is 21.8. The van der Waals surface area contributed by atoms with Gasteiger partial charge in [-0.1, -0.05) is 18.6 Å². The predicted octanol–water partition coefficient (Wildman–Crippen LogP) is 1.84. The van der Waals surface area contributed by atoms with Crippen LogP contribution in [0.4, 0.5) is 0 Å². The van der Waals surface area contributed by atoms with Gasteiger partial charge < -0.3 is 14.6 Å². The van der Waals surface area contributed by atoms with Gasteiger partial charge in [0.15, 0.2) is 0 Å². The highest BCUT2D eigenvalue weighted by Gasteiger charge is 2.05. The third kappa shape index (κ3) is 10.3. The molecule has 0 unspecified atom stereocenters. The second kappa shape index (κ2) is 11.7. The number of ether oxygens (including phenoxy) is 2. The van der Waals surface area contributed by atoms with Gasteiger partial charge in [-0.05, 0) is 25.2 Å². The van der Waals surface area contributed by atoms with E-state index < -0.39 is 0 Å². The maximum absolute atomic E-state index is 10.9. The lowest BCUT2D eigenvalue weighted by atomic mass is 10.0. The van der Waals surface area contributed by atoms with E-state index in [2.05, 4.69) is 9.47 Å². The molecule has 0 heterocycles. The molecule has 1 N–H and O–H groups in total. The van der Waals surface area contributed by atoms with Crippen molar-refractivity contribution in [1.82, 2.24) is 0 Å². The maximum Gasteiger partial charge on any atom is 0.305 e. The van der Waals surface area contributed by atoms with Gasteiger partial charge in [-0.15, -0.1) is 0 Å². The first-order chi connectivity index (χ1) is 9.13. The number of hydrogen-bond donors (Lipinski definition) is 1. The molecule has 0 aromatic heterocycles. The number of methoxy groups -OCH3 is 2. The van der Waals surface area contributed by atoms with Crippen molar-refractivity contribution in [3.05, 3.63) is 12.2 Å². The monoisotopic (exact) mass is 272 g/mol. The Kier molecular flexibility index (Phi) is 10.9. The summed E-state index contributed by atoms with van der Waals surface area (Å²) in [6.07, 6.45) is 7.64. The molecule has 5 heteroatoms. The quantitative estimate of drug-likeness (QED) is 0.373. The molecule has 0 aromatic carbocycles. The minimum Gasteiger partial charge on any atom is -0.469 e. The fourth-order valence-corrected chi connectivity index (χ4v) is 1.62. The normalized spacial score (nSPS) is 12.4. The molecule has 0 saturated carbocycles. The zero-order valence-electron chi connectivity index (χ0n) is 11.8. The second-order valence-corrected chi connectivity index (χ2v) is 4.31. The van der Waals surface area contributed by atoms with Crippen molar-refractivity contribution in [1.29, 1.82) is 0 Å². The summed E-state index contributed by atoms with van der Waals surface area (Å²) in [5.41, 5.74) is 0. The van der Waals surface area contributed by atoms with E-state index in [1.807, 2.05) is 12.2 Å². The summed E-state index contributed by atoms with van der Waals surface area (Å²) in [5, 5.41) is 9.20. The molecule has 0 amide bonds. The molecule has 0 aliphatic heterocycles. The van der Waals surface area contributed by atoms with E-state index in [0.717, 1.165) is 19.3 Å². The van der Waals surface area contributed by atoms with Gasteiger partial charge in [-0.2, -0.15) is 0 Å². The van der Waals surface area contributed by atoms with Gasteiger partial charge in [0.25, 0.3) is 0 Å². The third-order valence-corrected chi connectivity index (χ3v) is 2.82. The maximum atomic E-state index is 10.9. The fourth-order valence-electron chi connectivity index (χ4n) is 1.62. The fraction of sp³-hybridized carbons (Fsp3) is 0.714. The lowest BCUT2D eigenvalue weighted by Gasteiger charge is -2.08. The lowest BCUT2D eigenvalue weighted by molar-refractivity contribution is -0.141. The van der Waals surface area contributed by atoms with Crippen LogP contribution < -0.4 is 0 Å². The SMILES string of the molecule is COC(=O)CC/C=C/[C@H](CO)CCCCC(=O)OC. The number of hydrogen-bond acceptors (Lipinski definition) is 5. The van der Waals surface area contributed by atoms with E-state index in [4.69, 9.17) is 0 Å². The van der Waals surface area contributed by atoms with E-state index >= 15 is 0 Å². The Balaban J connectivity index is 3.73. The first kappa shape index (κ1) is 17.6. The molecule has 19 heavy (non-hydrogen) atoms. The smallest absolute Gasteiger partial charge is 0.305 e. The highest BCUT2D eigenvalue weighted by Crippen LogP contribution is 2.12. The Morgan fingerprint density at radius 3 is 2.32 bits per heavy atom. The first-order valence-corrected chi connectivity index (χ1v) is 6.55. The number of esters is 2. The van der Waals surface area contributed by atoms with Gasteiger partial charge >= 0.3 is 11.9 Å². The molecule has 0 aliphatic rings. The number of rotatable bonds is 10. The van der Waals surface area contributed by atoms with Crippen LogP contribution in [0.25, 0.3) is 0 Å². The Hall–Kier alpha value is -1.36. The second-order valence-electron chi connectivity index (χ2n) is 4.31. The van der Waals surface area contributed by atoms with Crippen LogP contribution in [0, 0.1) is 5.92 Å². The summed E-state index contributed by atoms with van der Waals surface area (Å²) >= 11 is 0. The van der Waals surface area contributed by atoms with Gasteiger partial charge in [-0.3, -0.25) is 9.59 Å². The number of aliphatic hydroxyl groups excluding tert-OH is 1. The average Bonchev–Trinajstić information content (AvgIpc) is 2.44. The summed E-state index contributed by atoms with van der Waals surface area (Å²) in [6, 6.07) is 0. The molecule has 1 atom stereocenters. The van der Waals surface area contributed by atoms with Crippen molar-refractivity contribution in [3.8, 4) is 0 Å². The largest absolute Gasteiger partial charge is 0.469 e. The van der Waals surface area contributed by atoms with Crippen LogP contribution in [-0.2, 0) is 19.1 Å². The molecule has 110 valence electrons. The molecule has 0 rings (SSSR count). The topological polar surface area (TPSA) is 72.8 Å². The number of unbranched alkanes of at least 4 members (excludes halogenated alkanes) is 1. The van der Waals surface area contributed by atoms with Crippen molar-refractivity contribution >= 4 is 11.9 Å². The number of aliphatic hydroxyl groups is 1. The van der Waals surface area contributed by atoms with Crippen LogP contribution in [0.15, 0.2) is 12.2 Å². The molecule has 0 aromatic rings. The van der Waals surface area contributed by atoms with Crippen molar-refractivity contribution in [2.75, 3.05) is 20.8 Å². The molecule has 0 aliphatic carbocycles. The number of allylic oxidation sites excluding steroid dienone is 1. The minimum absolute atomic E-state index is 0.0763. The number of carbonyl (C=O) groups excluding carboxylic acids is 2. The van der Waals surface area contributed by atoms with Crippen molar-refractivity contribution in [3.63, 3.8) is 0 Å². The molecule has 0 radical (unpaired) electrons. The molecule has 0 spiro atoms. The Labute approximate surface area is 114 Å². The summed E-state index contributed by atoms with van der Waals surface area (Å²) in [6.45, 7) is 0.0763. The standard InChI is InChI=1S/C14H24O5/c1-18-13(16)9-5-3-7-12(11-15)8-4-6-10-14(17)19-2/h3,7,12,15H,4-6,8-11H2,1-2H3/b7-3+/t12-/m0/s1. The molecule has 0 fully saturated rings. The van der Waals surface area contributed by atoms with Gasteiger partial charge in [0.1, 0.15) is 0 Å². The Morgan fingerprint density at radius 1 is 1.11 bits per heavy atom.